The van der Waals surface area contributed by atoms with Crippen molar-refractivity contribution in [2.75, 3.05) is 17.7 Å². The highest BCUT2D eigenvalue weighted by molar-refractivity contribution is 5.57. The van der Waals surface area contributed by atoms with Crippen molar-refractivity contribution in [3.8, 4) is 0 Å². The van der Waals surface area contributed by atoms with E-state index in [4.69, 9.17) is 0 Å². The highest BCUT2D eigenvalue weighted by atomic mass is 15.1. The molecule has 18 heavy (non-hydrogen) atoms. The van der Waals surface area contributed by atoms with E-state index in [1.54, 1.807) is 0 Å². The van der Waals surface area contributed by atoms with Crippen molar-refractivity contribution in [1.29, 1.82) is 0 Å². The Morgan fingerprint density at radius 2 is 1.61 bits per heavy atom. The molecule has 0 aliphatic rings. The fourth-order valence-corrected chi connectivity index (χ4v) is 1.80. The molecule has 4 heteroatoms. The molecule has 4 nitrogen and oxygen atoms in total. The van der Waals surface area contributed by atoms with E-state index in [9.17, 15) is 0 Å². The highest BCUT2D eigenvalue weighted by Crippen LogP contribution is 2.26. The summed E-state index contributed by atoms with van der Waals surface area (Å²) in [5.41, 5.74) is 1.18. The Morgan fingerprint density at radius 3 is 2.06 bits per heavy atom. The summed E-state index contributed by atoms with van der Waals surface area (Å²) in [7, 11) is 1.90. The Kier molecular flexibility index (Phi) is 4.93. The van der Waals surface area contributed by atoms with Crippen LogP contribution in [0.2, 0.25) is 0 Å². The van der Waals surface area contributed by atoms with Crippen LogP contribution in [0.3, 0.4) is 0 Å². The third-order valence-electron chi connectivity index (χ3n) is 3.73. The van der Waals surface area contributed by atoms with Crippen LogP contribution in [0.5, 0.6) is 0 Å². The molecule has 0 aromatic carbocycles. The molecule has 0 saturated carbocycles. The summed E-state index contributed by atoms with van der Waals surface area (Å²) in [5.74, 6) is 2.75. The maximum Gasteiger partial charge on any atom is 0.135 e. The Labute approximate surface area is 111 Å². The number of aromatic nitrogens is 2. The molecule has 1 aromatic rings. The van der Waals surface area contributed by atoms with Crippen LogP contribution >= 0.6 is 0 Å². The van der Waals surface area contributed by atoms with E-state index in [1.165, 1.54) is 0 Å². The number of nitrogens with one attached hydrogen (secondary N) is 2. The topological polar surface area (TPSA) is 49.8 Å². The average molecular weight is 250 g/mol. The van der Waals surface area contributed by atoms with Crippen LogP contribution in [0.25, 0.3) is 0 Å². The Hall–Kier alpha value is -1.32. The van der Waals surface area contributed by atoms with Gasteiger partial charge in [0.1, 0.15) is 17.5 Å². The van der Waals surface area contributed by atoms with Gasteiger partial charge in [-0.25, -0.2) is 9.97 Å². The summed E-state index contributed by atoms with van der Waals surface area (Å²) in [6, 6.07) is 0. The molecule has 0 fully saturated rings. The van der Waals surface area contributed by atoms with E-state index in [0.29, 0.717) is 0 Å². The molecule has 0 atom stereocenters. The number of nitrogens with zero attached hydrogens (tertiary/aromatic N) is 2. The third kappa shape index (κ3) is 3.12. The Balaban J connectivity index is 3.15. The minimum absolute atomic E-state index is 0.0924. The van der Waals surface area contributed by atoms with Gasteiger partial charge in [0.2, 0.25) is 0 Å². The maximum atomic E-state index is 4.62. The molecule has 0 aliphatic heterocycles. The monoisotopic (exact) mass is 250 g/mol. The van der Waals surface area contributed by atoms with E-state index < -0.39 is 0 Å². The van der Waals surface area contributed by atoms with Gasteiger partial charge in [-0.2, -0.15) is 0 Å². The van der Waals surface area contributed by atoms with Crippen molar-refractivity contribution in [3.05, 3.63) is 11.4 Å². The second-order valence-electron chi connectivity index (χ2n) is 4.96. The first kappa shape index (κ1) is 14.7. The van der Waals surface area contributed by atoms with Crippen molar-refractivity contribution < 1.29 is 0 Å². The van der Waals surface area contributed by atoms with Gasteiger partial charge in [-0.05, 0) is 26.7 Å². The molecule has 0 amide bonds. The molecule has 0 unspecified atom stereocenters. The second-order valence-corrected chi connectivity index (χ2v) is 4.96. The second kappa shape index (κ2) is 6.03. The molecule has 1 heterocycles. The van der Waals surface area contributed by atoms with E-state index in [1.807, 2.05) is 7.05 Å². The third-order valence-corrected chi connectivity index (χ3v) is 3.73. The van der Waals surface area contributed by atoms with Gasteiger partial charge in [-0.1, -0.05) is 20.8 Å². The zero-order chi connectivity index (χ0) is 13.8. The lowest BCUT2D eigenvalue weighted by atomic mass is 9.95. The number of aryl methyl sites for hydroxylation is 1. The zero-order valence-corrected chi connectivity index (χ0v) is 12.5. The van der Waals surface area contributed by atoms with Gasteiger partial charge in [0.25, 0.3) is 0 Å². The van der Waals surface area contributed by atoms with Gasteiger partial charge in [0, 0.05) is 24.6 Å². The fourth-order valence-electron chi connectivity index (χ4n) is 1.80. The maximum absolute atomic E-state index is 4.62. The van der Waals surface area contributed by atoms with E-state index in [-0.39, 0.29) is 5.54 Å². The van der Waals surface area contributed by atoms with Crippen LogP contribution in [0.15, 0.2) is 0 Å². The molecule has 0 bridgehead atoms. The lowest BCUT2D eigenvalue weighted by Crippen LogP contribution is -2.34. The van der Waals surface area contributed by atoms with Crippen LogP contribution < -0.4 is 10.6 Å². The molecule has 2 N–H and O–H groups in total. The van der Waals surface area contributed by atoms with Crippen molar-refractivity contribution in [3.63, 3.8) is 0 Å². The SMILES string of the molecule is CCc1nc(NC)c(C)c(NC(C)(CC)CC)n1. The lowest BCUT2D eigenvalue weighted by molar-refractivity contribution is 0.476. The van der Waals surface area contributed by atoms with E-state index in [2.05, 4.69) is 55.2 Å². The molecule has 0 spiro atoms. The normalized spacial score (nSPS) is 11.4. The van der Waals surface area contributed by atoms with Crippen LogP contribution in [0, 0.1) is 6.92 Å². The van der Waals surface area contributed by atoms with Crippen LogP contribution in [0.4, 0.5) is 11.6 Å². The molecular weight excluding hydrogens is 224 g/mol. The van der Waals surface area contributed by atoms with Gasteiger partial charge in [-0.15, -0.1) is 0 Å². The smallest absolute Gasteiger partial charge is 0.135 e. The summed E-state index contributed by atoms with van der Waals surface area (Å²) in [4.78, 5) is 9.11. The molecule has 0 radical (unpaired) electrons. The summed E-state index contributed by atoms with van der Waals surface area (Å²) in [5, 5.41) is 6.72. The zero-order valence-electron chi connectivity index (χ0n) is 12.5. The molecule has 1 aromatic heterocycles. The van der Waals surface area contributed by atoms with Crippen LogP contribution in [0.1, 0.15) is 51.9 Å². The summed E-state index contributed by atoms with van der Waals surface area (Å²) >= 11 is 0. The summed E-state index contributed by atoms with van der Waals surface area (Å²) < 4.78 is 0. The molecular formula is C14H26N4. The first-order valence-electron chi connectivity index (χ1n) is 6.83. The fraction of sp³-hybridized carbons (Fsp3) is 0.714. The van der Waals surface area contributed by atoms with Gasteiger partial charge in [0.05, 0.1) is 0 Å². The predicted molar refractivity (Wildman–Crippen MR) is 78.3 cm³/mol. The Morgan fingerprint density at radius 1 is 1.06 bits per heavy atom. The largest absolute Gasteiger partial charge is 0.373 e. The molecule has 0 saturated heterocycles. The van der Waals surface area contributed by atoms with Gasteiger partial charge in [-0.3, -0.25) is 0 Å². The number of hydrogen-bond acceptors (Lipinski definition) is 4. The van der Waals surface area contributed by atoms with Crippen molar-refractivity contribution in [1.82, 2.24) is 9.97 Å². The van der Waals surface area contributed by atoms with E-state index in [0.717, 1.165) is 42.3 Å². The number of anilines is 2. The van der Waals surface area contributed by atoms with Crippen molar-refractivity contribution >= 4 is 11.6 Å². The molecule has 102 valence electrons. The lowest BCUT2D eigenvalue weighted by Gasteiger charge is -2.30. The van der Waals surface area contributed by atoms with Gasteiger partial charge in [0.15, 0.2) is 0 Å². The predicted octanol–water partition coefficient (Wildman–Crippen LogP) is 3.38. The Bertz CT molecular complexity index is 397. The minimum atomic E-state index is 0.0924. The average Bonchev–Trinajstić information content (AvgIpc) is 2.40. The summed E-state index contributed by atoms with van der Waals surface area (Å²) in [6.07, 6.45) is 2.99. The molecule has 1 rings (SSSR count). The standard InChI is InChI=1S/C14H26N4/c1-7-11-16-12(15-6)10(4)13(17-11)18-14(5,8-2)9-3/h7-9H2,1-6H3,(H2,15,16,17,18). The quantitative estimate of drug-likeness (QED) is 0.812. The highest BCUT2D eigenvalue weighted by Gasteiger charge is 2.21. The minimum Gasteiger partial charge on any atom is -0.373 e. The van der Waals surface area contributed by atoms with Crippen LogP contribution in [-0.2, 0) is 6.42 Å². The van der Waals surface area contributed by atoms with Gasteiger partial charge < -0.3 is 10.6 Å². The van der Waals surface area contributed by atoms with E-state index >= 15 is 0 Å². The first-order valence-corrected chi connectivity index (χ1v) is 6.83. The van der Waals surface area contributed by atoms with Gasteiger partial charge >= 0.3 is 0 Å². The number of rotatable bonds is 6. The van der Waals surface area contributed by atoms with Crippen LogP contribution in [-0.4, -0.2) is 22.6 Å². The number of hydrogen-bond donors (Lipinski definition) is 2. The van der Waals surface area contributed by atoms with Crippen molar-refractivity contribution in [2.24, 2.45) is 0 Å². The summed E-state index contributed by atoms with van der Waals surface area (Å²) in [6.45, 7) is 10.8. The molecule has 0 aliphatic carbocycles. The first-order chi connectivity index (χ1) is 8.49. The van der Waals surface area contributed by atoms with Crippen molar-refractivity contribution in [2.45, 2.75) is 59.4 Å².